The van der Waals surface area contributed by atoms with Crippen molar-refractivity contribution in [1.82, 2.24) is 4.98 Å². The van der Waals surface area contributed by atoms with Crippen molar-refractivity contribution >= 4 is 17.2 Å². The maximum Gasteiger partial charge on any atom is 0.151 e. The molecule has 5 N–H and O–H groups in total. The van der Waals surface area contributed by atoms with Gasteiger partial charge in [0.2, 0.25) is 0 Å². The fraction of sp³-hybridized carbons (Fsp3) is 0.308. The van der Waals surface area contributed by atoms with Gasteiger partial charge in [0, 0.05) is 11.7 Å². The van der Waals surface area contributed by atoms with Crippen LogP contribution in [0.15, 0.2) is 36.5 Å². The van der Waals surface area contributed by atoms with Crippen LogP contribution >= 0.6 is 0 Å². The standard InChI is InChI=1S/C8H7N.C5H10O5/c1-2-4-8-7(3-1)5-6-9-8;6-1-3(8)5(10)4(9)2-7/h1-6,9H;1,3-5,7-10H,2H2/t;3-,4+,5-/m.0/s1. The predicted octanol–water partition coefficient (Wildman–Crippen LogP) is -0.572. The zero-order valence-electron chi connectivity index (χ0n) is 10.2. The van der Waals surface area contributed by atoms with Crippen LogP contribution in [0.1, 0.15) is 0 Å². The summed E-state index contributed by atoms with van der Waals surface area (Å²) in [4.78, 5) is 12.9. The van der Waals surface area contributed by atoms with E-state index >= 15 is 0 Å². The minimum absolute atomic E-state index is 0.0869. The summed E-state index contributed by atoms with van der Waals surface area (Å²) in [5, 5.41) is 35.3. The summed E-state index contributed by atoms with van der Waals surface area (Å²) in [7, 11) is 0. The Kier molecular flexibility index (Phi) is 6.17. The number of hydrogen-bond acceptors (Lipinski definition) is 5. The SMILES string of the molecule is O=C[C@H](O)[C@H](O)[C@H](O)CO.c1ccc2[nH]ccc2c1. The van der Waals surface area contributed by atoms with Crippen molar-refractivity contribution in [2.75, 3.05) is 6.61 Å². The summed E-state index contributed by atoms with van der Waals surface area (Å²) in [5.41, 5.74) is 1.21. The number of carbonyl (C=O) groups excluding carboxylic acids is 1. The van der Waals surface area contributed by atoms with E-state index in [0.717, 1.165) is 0 Å². The van der Waals surface area contributed by atoms with E-state index < -0.39 is 24.9 Å². The maximum atomic E-state index is 9.76. The monoisotopic (exact) mass is 267 g/mol. The first-order chi connectivity index (χ1) is 9.10. The van der Waals surface area contributed by atoms with Gasteiger partial charge in [-0.25, -0.2) is 0 Å². The predicted molar refractivity (Wildman–Crippen MR) is 69.5 cm³/mol. The molecule has 3 atom stereocenters. The highest BCUT2D eigenvalue weighted by Gasteiger charge is 2.22. The number of fused-ring (bicyclic) bond motifs is 1. The Bertz CT molecular complexity index is 468. The maximum absolute atomic E-state index is 9.76. The summed E-state index contributed by atoms with van der Waals surface area (Å²) >= 11 is 0. The molecule has 0 spiro atoms. The van der Waals surface area contributed by atoms with Gasteiger partial charge in [-0.3, -0.25) is 0 Å². The largest absolute Gasteiger partial charge is 0.394 e. The normalized spacial score (nSPS) is 15.2. The van der Waals surface area contributed by atoms with Gasteiger partial charge in [0.05, 0.1) is 6.61 Å². The quantitative estimate of drug-likeness (QED) is 0.476. The molecule has 0 fully saturated rings. The van der Waals surface area contributed by atoms with Crippen LogP contribution in [0.2, 0.25) is 0 Å². The van der Waals surface area contributed by atoms with Gasteiger partial charge in [0.15, 0.2) is 6.29 Å². The van der Waals surface area contributed by atoms with Gasteiger partial charge < -0.3 is 30.2 Å². The van der Waals surface area contributed by atoms with Gasteiger partial charge in [-0.2, -0.15) is 0 Å². The summed E-state index contributed by atoms with van der Waals surface area (Å²) in [6.45, 7) is -0.688. The molecule has 0 bridgehead atoms. The van der Waals surface area contributed by atoms with Crippen LogP contribution < -0.4 is 0 Å². The second-order valence-corrected chi connectivity index (χ2v) is 3.93. The van der Waals surface area contributed by atoms with Crippen LogP contribution in [0.25, 0.3) is 10.9 Å². The number of aliphatic hydroxyl groups excluding tert-OH is 4. The van der Waals surface area contributed by atoms with Crippen LogP contribution in [0.3, 0.4) is 0 Å². The molecule has 6 nitrogen and oxygen atoms in total. The number of H-pyrrole nitrogens is 1. The van der Waals surface area contributed by atoms with E-state index in [4.69, 9.17) is 20.4 Å². The molecule has 0 radical (unpaired) electrons. The molecule has 1 aromatic heterocycles. The molecule has 104 valence electrons. The Morgan fingerprint density at radius 3 is 2.42 bits per heavy atom. The first-order valence-corrected chi connectivity index (χ1v) is 5.72. The van der Waals surface area contributed by atoms with Crippen molar-refractivity contribution in [3.8, 4) is 0 Å². The van der Waals surface area contributed by atoms with E-state index in [9.17, 15) is 4.79 Å². The average molecular weight is 267 g/mol. The summed E-state index contributed by atoms with van der Waals surface area (Å²) in [5.74, 6) is 0. The van der Waals surface area contributed by atoms with Crippen LogP contribution in [0.5, 0.6) is 0 Å². The third-order valence-corrected chi connectivity index (χ3v) is 2.53. The third-order valence-electron chi connectivity index (χ3n) is 2.53. The van der Waals surface area contributed by atoms with Crippen molar-refractivity contribution in [3.63, 3.8) is 0 Å². The molecule has 0 amide bonds. The lowest BCUT2D eigenvalue weighted by Gasteiger charge is -2.16. The highest BCUT2D eigenvalue weighted by molar-refractivity contribution is 5.78. The zero-order chi connectivity index (χ0) is 14.3. The Balaban J connectivity index is 0.000000190. The second-order valence-electron chi connectivity index (χ2n) is 3.93. The summed E-state index contributed by atoms with van der Waals surface area (Å²) < 4.78 is 0. The molecular formula is C13H17NO5. The number of hydrogen-bond donors (Lipinski definition) is 5. The summed E-state index contributed by atoms with van der Waals surface area (Å²) in [6.07, 6.45) is -2.68. The number of rotatable bonds is 4. The van der Waals surface area contributed by atoms with Gasteiger partial charge in [-0.05, 0) is 17.5 Å². The van der Waals surface area contributed by atoms with E-state index in [0.29, 0.717) is 0 Å². The van der Waals surface area contributed by atoms with Crippen LogP contribution in [0.4, 0.5) is 0 Å². The van der Waals surface area contributed by atoms with E-state index in [1.807, 2.05) is 18.3 Å². The average Bonchev–Trinajstić information content (AvgIpc) is 2.93. The van der Waals surface area contributed by atoms with E-state index in [1.165, 1.54) is 10.9 Å². The van der Waals surface area contributed by atoms with E-state index in [1.54, 1.807) is 0 Å². The van der Waals surface area contributed by atoms with Gasteiger partial charge >= 0.3 is 0 Å². The summed E-state index contributed by atoms with van der Waals surface area (Å²) in [6, 6.07) is 10.3. The molecular weight excluding hydrogens is 250 g/mol. The lowest BCUT2D eigenvalue weighted by atomic mass is 10.1. The highest BCUT2D eigenvalue weighted by atomic mass is 16.4. The lowest BCUT2D eigenvalue weighted by Crippen LogP contribution is -2.40. The number of benzene rings is 1. The molecule has 0 aliphatic rings. The minimum Gasteiger partial charge on any atom is -0.394 e. The number of aromatic amines is 1. The van der Waals surface area contributed by atoms with Crippen molar-refractivity contribution < 1.29 is 25.2 Å². The first-order valence-electron chi connectivity index (χ1n) is 5.72. The lowest BCUT2D eigenvalue weighted by molar-refractivity contribution is -0.127. The van der Waals surface area contributed by atoms with Crippen molar-refractivity contribution in [2.45, 2.75) is 18.3 Å². The van der Waals surface area contributed by atoms with E-state index in [2.05, 4.69) is 23.2 Å². The Morgan fingerprint density at radius 2 is 1.84 bits per heavy atom. The van der Waals surface area contributed by atoms with Crippen molar-refractivity contribution in [1.29, 1.82) is 0 Å². The molecule has 0 saturated carbocycles. The number of para-hydroxylation sites is 1. The minimum atomic E-state index is -1.64. The van der Waals surface area contributed by atoms with Crippen LogP contribution in [0, 0.1) is 0 Å². The van der Waals surface area contributed by atoms with E-state index in [-0.39, 0.29) is 6.29 Å². The molecule has 6 heteroatoms. The number of aldehydes is 1. The molecule has 19 heavy (non-hydrogen) atoms. The third kappa shape index (κ3) is 4.46. The molecule has 0 aliphatic carbocycles. The Labute approximate surface area is 109 Å². The molecule has 1 aromatic carbocycles. The fourth-order valence-corrected chi connectivity index (χ4v) is 1.41. The molecule has 2 rings (SSSR count). The van der Waals surface area contributed by atoms with Gasteiger partial charge in [-0.15, -0.1) is 0 Å². The number of nitrogens with one attached hydrogen (secondary N) is 1. The molecule has 1 heterocycles. The first kappa shape index (κ1) is 15.3. The Hall–Kier alpha value is -1.73. The number of carbonyl (C=O) groups is 1. The number of aromatic nitrogens is 1. The number of aliphatic hydroxyl groups is 4. The van der Waals surface area contributed by atoms with Crippen molar-refractivity contribution in [2.24, 2.45) is 0 Å². The molecule has 0 unspecified atom stereocenters. The van der Waals surface area contributed by atoms with Gasteiger partial charge in [-0.1, -0.05) is 18.2 Å². The fourth-order valence-electron chi connectivity index (χ4n) is 1.41. The smallest absolute Gasteiger partial charge is 0.151 e. The molecule has 0 saturated heterocycles. The highest BCUT2D eigenvalue weighted by Crippen LogP contribution is 2.09. The van der Waals surface area contributed by atoms with Crippen molar-refractivity contribution in [3.05, 3.63) is 36.5 Å². The molecule has 2 aromatic rings. The van der Waals surface area contributed by atoms with Gasteiger partial charge in [0.25, 0.3) is 0 Å². The molecule has 0 aliphatic heterocycles. The Morgan fingerprint density at radius 1 is 1.16 bits per heavy atom. The van der Waals surface area contributed by atoms with Gasteiger partial charge in [0.1, 0.15) is 18.3 Å². The van der Waals surface area contributed by atoms with Crippen LogP contribution in [-0.4, -0.2) is 56.6 Å². The second kappa shape index (κ2) is 7.65. The topological polar surface area (TPSA) is 114 Å². The zero-order valence-corrected chi connectivity index (χ0v) is 10.2. The van der Waals surface area contributed by atoms with Crippen LogP contribution in [-0.2, 0) is 4.79 Å².